The predicted octanol–water partition coefficient (Wildman–Crippen LogP) is 3.47. The molecule has 144 valence electrons. The van der Waals surface area contributed by atoms with Gasteiger partial charge in [-0.05, 0) is 54.5 Å². The number of amides is 1. The Morgan fingerprint density at radius 3 is 2.43 bits per heavy atom. The summed E-state index contributed by atoms with van der Waals surface area (Å²) in [6, 6.07) is 14.8. The number of rotatable bonds is 6. The van der Waals surface area contributed by atoms with E-state index in [1.807, 2.05) is 30.3 Å². The quantitative estimate of drug-likeness (QED) is 0.475. The van der Waals surface area contributed by atoms with E-state index in [-0.39, 0.29) is 24.0 Å². The largest absolute Gasteiger partial charge is 0.453 e. The number of hydrogen-bond acceptors (Lipinski definition) is 4. The molecule has 0 saturated heterocycles. The molecule has 28 heavy (non-hydrogen) atoms. The Morgan fingerprint density at radius 1 is 1.00 bits per heavy atom. The molecule has 0 fully saturated rings. The number of carbonyl (C=O) groups excluding carboxylic acids is 3. The fraction of sp³-hybridized carbons (Fsp3) is 0.261. The van der Waals surface area contributed by atoms with Gasteiger partial charge < -0.3 is 10.1 Å². The van der Waals surface area contributed by atoms with Crippen LogP contribution >= 0.6 is 0 Å². The molecule has 0 unspecified atom stereocenters. The summed E-state index contributed by atoms with van der Waals surface area (Å²) in [5.41, 5.74) is 3.77. The fourth-order valence-corrected chi connectivity index (χ4v) is 3.25. The van der Waals surface area contributed by atoms with E-state index in [0.29, 0.717) is 5.56 Å². The van der Waals surface area contributed by atoms with Crippen LogP contribution in [-0.2, 0) is 27.2 Å². The molecule has 0 spiro atoms. The van der Waals surface area contributed by atoms with Crippen LogP contribution in [0.4, 0.5) is 0 Å². The second-order valence-corrected chi connectivity index (χ2v) is 6.84. The number of ether oxygens (including phenoxy) is 1. The van der Waals surface area contributed by atoms with Crippen molar-refractivity contribution in [1.29, 1.82) is 0 Å². The van der Waals surface area contributed by atoms with Gasteiger partial charge in [0, 0.05) is 12.5 Å². The Hall–Kier alpha value is -3.21. The van der Waals surface area contributed by atoms with Crippen LogP contribution in [0, 0.1) is 0 Å². The Balaban J connectivity index is 1.67. The molecule has 5 nitrogen and oxygen atoms in total. The molecule has 1 amide bonds. The molecule has 0 aliphatic heterocycles. The summed E-state index contributed by atoms with van der Waals surface area (Å²) in [4.78, 5) is 36.3. The van der Waals surface area contributed by atoms with E-state index in [1.54, 1.807) is 18.2 Å². The normalized spacial score (nSPS) is 13.4. The minimum Gasteiger partial charge on any atom is -0.453 e. The van der Waals surface area contributed by atoms with Gasteiger partial charge in [0.1, 0.15) is 5.70 Å². The molecule has 0 aromatic heterocycles. The number of nitrogens with one attached hydrogen (secondary N) is 1. The Morgan fingerprint density at radius 2 is 1.71 bits per heavy atom. The molecule has 0 atom stereocenters. The smallest absolute Gasteiger partial charge is 0.355 e. The number of ketones is 1. The lowest BCUT2D eigenvalue weighted by Gasteiger charge is -2.16. The van der Waals surface area contributed by atoms with Crippen molar-refractivity contribution >= 4 is 23.7 Å². The highest BCUT2D eigenvalue weighted by Gasteiger charge is 2.17. The van der Waals surface area contributed by atoms with Crippen LogP contribution in [0.3, 0.4) is 0 Å². The number of carbonyl (C=O) groups is 3. The van der Waals surface area contributed by atoms with Gasteiger partial charge in [-0.15, -0.1) is 0 Å². The first-order valence-electron chi connectivity index (χ1n) is 9.39. The molecule has 0 bridgehead atoms. The molecular weight excluding hydrogens is 354 g/mol. The first-order valence-corrected chi connectivity index (χ1v) is 9.39. The second kappa shape index (κ2) is 9.13. The summed E-state index contributed by atoms with van der Waals surface area (Å²) in [6.45, 7) is 0.938. The topological polar surface area (TPSA) is 72.5 Å². The predicted molar refractivity (Wildman–Crippen MR) is 107 cm³/mol. The SMILES string of the molecule is CC(=O)N/C(=C\c1ccccc1)C(=O)OCC(=O)c1ccc2c(c1)CCCC2. The standard InChI is InChI=1S/C23H23NO4/c1-16(25)24-21(13-17-7-3-2-4-8-17)23(27)28-15-22(26)20-12-11-18-9-5-6-10-19(18)14-20/h2-4,7-8,11-14H,5-6,9-10,15H2,1H3,(H,24,25)/b21-13-. The lowest BCUT2D eigenvalue weighted by molar-refractivity contribution is -0.139. The maximum Gasteiger partial charge on any atom is 0.355 e. The first kappa shape index (κ1) is 19.5. The van der Waals surface area contributed by atoms with Crippen molar-refractivity contribution in [2.45, 2.75) is 32.6 Å². The van der Waals surface area contributed by atoms with Gasteiger partial charge in [-0.2, -0.15) is 0 Å². The summed E-state index contributed by atoms with van der Waals surface area (Å²) in [5.74, 6) is -1.39. The average molecular weight is 377 g/mol. The number of fused-ring (bicyclic) bond motifs is 1. The lowest BCUT2D eigenvalue weighted by Crippen LogP contribution is -2.27. The zero-order chi connectivity index (χ0) is 19.9. The minimum absolute atomic E-state index is 0.00283. The number of benzene rings is 2. The number of aryl methyl sites for hydroxylation is 2. The highest BCUT2D eigenvalue weighted by molar-refractivity contribution is 6.01. The summed E-state index contributed by atoms with van der Waals surface area (Å²) in [6.07, 6.45) is 5.85. The molecule has 0 radical (unpaired) electrons. The first-order chi connectivity index (χ1) is 13.5. The number of esters is 1. The summed E-state index contributed by atoms with van der Waals surface area (Å²) < 4.78 is 5.17. The van der Waals surface area contributed by atoms with Crippen molar-refractivity contribution in [2.24, 2.45) is 0 Å². The van der Waals surface area contributed by atoms with Crippen molar-refractivity contribution < 1.29 is 19.1 Å². The van der Waals surface area contributed by atoms with Crippen LogP contribution in [0.15, 0.2) is 54.2 Å². The van der Waals surface area contributed by atoms with Crippen LogP contribution < -0.4 is 5.32 Å². The van der Waals surface area contributed by atoms with Crippen molar-refractivity contribution in [2.75, 3.05) is 6.61 Å². The van der Waals surface area contributed by atoms with Gasteiger partial charge in [0.15, 0.2) is 12.4 Å². The number of hydrogen-bond donors (Lipinski definition) is 1. The lowest BCUT2D eigenvalue weighted by atomic mass is 9.90. The average Bonchev–Trinajstić information content (AvgIpc) is 2.71. The van der Waals surface area contributed by atoms with Crippen LogP contribution in [-0.4, -0.2) is 24.3 Å². The summed E-state index contributed by atoms with van der Waals surface area (Å²) in [5, 5.41) is 2.47. The maximum atomic E-state index is 12.5. The molecule has 2 aromatic carbocycles. The van der Waals surface area contributed by atoms with E-state index in [0.717, 1.165) is 24.8 Å². The van der Waals surface area contributed by atoms with Crippen molar-refractivity contribution in [1.82, 2.24) is 5.32 Å². The van der Waals surface area contributed by atoms with Crippen molar-refractivity contribution in [3.63, 3.8) is 0 Å². The maximum absolute atomic E-state index is 12.5. The van der Waals surface area contributed by atoms with Gasteiger partial charge in [0.05, 0.1) is 0 Å². The van der Waals surface area contributed by atoms with Crippen molar-refractivity contribution in [3.05, 3.63) is 76.5 Å². The highest BCUT2D eigenvalue weighted by atomic mass is 16.5. The fourth-order valence-electron chi connectivity index (χ4n) is 3.25. The van der Waals surface area contributed by atoms with Gasteiger partial charge in [-0.3, -0.25) is 9.59 Å². The Bertz CT molecular complexity index is 915. The third kappa shape index (κ3) is 5.16. The van der Waals surface area contributed by atoms with Crippen molar-refractivity contribution in [3.8, 4) is 0 Å². The van der Waals surface area contributed by atoms with Gasteiger partial charge in [0.25, 0.3) is 0 Å². The number of Topliss-reactive ketones (excluding diaryl/α,β-unsaturated/α-hetero) is 1. The molecule has 5 heteroatoms. The monoisotopic (exact) mass is 377 g/mol. The zero-order valence-corrected chi connectivity index (χ0v) is 15.9. The van der Waals surface area contributed by atoms with E-state index >= 15 is 0 Å². The molecule has 3 rings (SSSR count). The molecule has 1 aliphatic rings. The van der Waals surface area contributed by atoms with Crippen LogP contribution in [0.1, 0.15) is 46.8 Å². The summed E-state index contributed by atoms with van der Waals surface area (Å²) in [7, 11) is 0. The summed E-state index contributed by atoms with van der Waals surface area (Å²) >= 11 is 0. The van der Waals surface area contributed by atoms with Gasteiger partial charge >= 0.3 is 5.97 Å². The van der Waals surface area contributed by atoms with E-state index in [9.17, 15) is 14.4 Å². The Kier molecular flexibility index (Phi) is 6.37. The molecule has 1 N–H and O–H groups in total. The molecule has 0 heterocycles. The molecule has 2 aromatic rings. The van der Waals surface area contributed by atoms with E-state index in [2.05, 4.69) is 5.32 Å². The van der Waals surface area contributed by atoms with Gasteiger partial charge in [-0.25, -0.2) is 4.79 Å². The molecular formula is C23H23NO4. The third-order valence-corrected chi connectivity index (χ3v) is 4.65. The third-order valence-electron chi connectivity index (χ3n) is 4.65. The van der Waals surface area contributed by atoms with Gasteiger partial charge in [-0.1, -0.05) is 42.5 Å². The van der Waals surface area contributed by atoms with E-state index < -0.39 is 5.97 Å². The van der Waals surface area contributed by atoms with Gasteiger partial charge in [0.2, 0.25) is 5.91 Å². The van der Waals surface area contributed by atoms with Crippen LogP contribution in [0.2, 0.25) is 0 Å². The molecule has 1 aliphatic carbocycles. The van der Waals surface area contributed by atoms with Crippen LogP contribution in [0.5, 0.6) is 0 Å². The van der Waals surface area contributed by atoms with E-state index in [4.69, 9.17) is 4.74 Å². The van der Waals surface area contributed by atoms with Crippen LogP contribution in [0.25, 0.3) is 6.08 Å². The highest BCUT2D eigenvalue weighted by Crippen LogP contribution is 2.22. The minimum atomic E-state index is -0.745. The zero-order valence-electron chi connectivity index (χ0n) is 15.9. The second-order valence-electron chi connectivity index (χ2n) is 6.84. The Labute approximate surface area is 164 Å². The van der Waals surface area contributed by atoms with E-state index in [1.165, 1.54) is 30.5 Å². The molecule has 0 saturated carbocycles.